The van der Waals surface area contributed by atoms with Crippen LogP contribution in [0.5, 0.6) is 0 Å². The predicted octanol–water partition coefficient (Wildman–Crippen LogP) is 2.55. The fraction of sp³-hybridized carbons (Fsp3) is 0.429. The molecular weight excluding hydrogens is 392 g/mol. The Hall–Kier alpha value is -2.61. The Morgan fingerprint density at radius 1 is 1.28 bits per heavy atom. The Balaban J connectivity index is 1.84. The molecule has 1 aromatic rings. The molecule has 0 radical (unpaired) electrons. The van der Waals surface area contributed by atoms with Gasteiger partial charge in [0.25, 0.3) is 5.91 Å². The summed E-state index contributed by atoms with van der Waals surface area (Å²) in [7, 11) is 0. The number of carbonyl (C=O) groups is 3. The molecule has 3 rings (SSSR count). The Kier molecular flexibility index (Phi) is 6.12. The third-order valence-corrected chi connectivity index (χ3v) is 5.57. The van der Waals surface area contributed by atoms with Crippen LogP contribution < -0.4 is 0 Å². The zero-order chi connectivity index (χ0) is 21.2. The van der Waals surface area contributed by atoms with E-state index in [0.29, 0.717) is 11.3 Å². The van der Waals surface area contributed by atoms with Crippen molar-refractivity contribution in [2.24, 2.45) is 4.99 Å². The van der Waals surface area contributed by atoms with Crippen molar-refractivity contribution in [2.45, 2.75) is 44.7 Å². The monoisotopic (exact) mass is 416 g/mol. The summed E-state index contributed by atoms with van der Waals surface area (Å²) < 4.78 is 10.6. The van der Waals surface area contributed by atoms with Crippen LogP contribution in [-0.4, -0.2) is 58.3 Å². The maximum absolute atomic E-state index is 12.8. The largest absolute Gasteiger partial charge is 0.461 e. The summed E-state index contributed by atoms with van der Waals surface area (Å²) in [4.78, 5) is 42.7. The number of aliphatic imine (C=N–C) groups is 1. The van der Waals surface area contributed by atoms with Gasteiger partial charge in [-0.1, -0.05) is 30.3 Å². The van der Waals surface area contributed by atoms with E-state index in [-0.39, 0.29) is 23.6 Å². The first-order valence-electron chi connectivity index (χ1n) is 9.29. The number of rotatable bonds is 5. The van der Waals surface area contributed by atoms with Crippen LogP contribution in [0, 0.1) is 0 Å². The van der Waals surface area contributed by atoms with Crippen molar-refractivity contribution in [3.8, 4) is 0 Å². The molecule has 2 aliphatic heterocycles. The molecule has 0 spiro atoms. The maximum atomic E-state index is 12.8. The molecule has 2 atom stereocenters. The van der Waals surface area contributed by atoms with E-state index in [0.717, 1.165) is 5.56 Å². The molecule has 0 saturated carbocycles. The molecule has 0 bridgehead atoms. The Morgan fingerprint density at radius 3 is 2.59 bits per heavy atom. The molecule has 0 aromatic heterocycles. The maximum Gasteiger partial charge on any atom is 0.355 e. The van der Waals surface area contributed by atoms with Crippen LogP contribution in [0.15, 0.2) is 46.6 Å². The lowest BCUT2D eigenvalue weighted by molar-refractivity contribution is -0.158. The molecule has 0 unspecified atom stereocenters. The van der Waals surface area contributed by atoms with Crippen LogP contribution in [0.2, 0.25) is 0 Å². The minimum Gasteiger partial charge on any atom is -0.461 e. The van der Waals surface area contributed by atoms with E-state index in [1.165, 1.54) is 23.6 Å². The number of hydrogen-bond acceptors (Lipinski definition) is 7. The number of nitrogens with zero attached hydrogens (tertiary/aromatic N) is 2. The second-order valence-electron chi connectivity index (χ2n) is 7.78. The van der Waals surface area contributed by atoms with Gasteiger partial charge in [0.15, 0.2) is 6.04 Å². The molecule has 0 aliphatic carbocycles. The summed E-state index contributed by atoms with van der Waals surface area (Å²) in [5.74, 6) is -0.860. The third kappa shape index (κ3) is 4.87. The molecule has 2 aliphatic rings. The van der Waals surface area contributed by atoms with Gasteiger partial charge in [-0.05, 0) is 26.3 Å². The van der Waals surface area contributed by atoms with Gasteiger partial charge in [-0.2, -0.15) is 0 Å². The van der Waals surface area contributed by atoms with Crippen molar-refractivity contribution < 1.29 is 23.9 Å². The van der Waals surface area contributed by atoms with Crippen molar-refractivity contribution in [2.75, 3.05) is 12.4 Å². The summed E-state index contributed by atoms with van der Waals surface area (Å²) in [5, 5.41) is -0.286. The van der Waals surface area contributed by atoms with Crippen LogP contribution in [0.25, 0.3) is 0 Å². The van der Waals surface area contributed by atoms with Gasteiger partial charge in [0.05, 0.1) is 0 Å². The van der Waals surface area contributed by atoms with E-state index in [9.17, 15) is 14.4 Å². The van der Waals surface area contributed by atoms with Crippen molar-refractivity contribution in [3.63, 3.8) is 0 Å². The molecule has 0 N–H and O–H groups in total. The van der Waals surface area contributed by atoms with Crippen LogP contribution in [-0.2, 0) is 23.9 Å². The zero-order valence-corrected chi connectivity index (χ0v) is 17.7. The lowest BCUT2D eigenvalue weighted by Crippen LogP contribution is -2.64. The average molecular weight is 416 g/mol. The number of hydrogen-bond donors (Lipinski definition) is 0. The van der Waals surface area contributed by atoms with Crippen LogP contribution in [0.1, 0.15) is 33.3 Å². The van der Waals surface area contributed by atoms with Gasteiger partial charge < -0.3 is 9.47 Å². The minimum atomic E-state index is -0.713. The number of esters is 2. The van der Waals surface area contributed by atoms with Gasteiger partial charge in [-0.15, -0.1) is 11.8 Å². The molecule has 1 fully saturated rings. The van der Waals surface area contributed by atoms with Crippen molar-refractivity contribution >= 4 is 35.8 Å². The van der Waals surface area contributed by atoms with E-state index in [1.54, 1.807) is 27.0 Å². The number of ether oxygens (including phenoxy) is 2. The summed E-state index contributed by atoms with van der Waals surface area (Å²) >= 11 is 1.49. The summed E-state index contributed by atoms with van der Waals surface area (Å²) in [6.45, 7) is 6.53. The van der Waals surface area contributed by atoms with Gasteiger partial charge in [0, 0.05) is 24.5 Å². The van der Waals surface area contributed by atoms with E-state index in [4.69, 9.17) is 9.47 Å². The molecule has 7 nitrogen and oxygen atoms in total. The number of benzene rings is 1. The molecule has 2 heterocycles. The lowest BCUT2D eigenvalue weighted by atomic mass is 10.0. The quantitative estimate of drug-likeness (QED) is 0.417. The van der Waals surface area contributed by atoms with E-state index in [2.05, 4.69) is 4.99 Å². The highest BCUT2D eigenvalue weighted by Crippen LogP contribution is 2.42. The highest BCUT2D eigenvalue weighted by atomic mass is 32.2. The van der Waals surface area contributed by atoms with Gasteiger partial charge in [0.1, 0.15) is 23.3 Å². The fourth-order valence-electron chi connectivity index (χ4n) is 2.99. The number of β-lactam (4-membered cyclic amide) rings is 1. The molecule has 1 amide bonds. The van der Waals surface area contributed by atoms with Gasteiger partial charge in [-0.25, -0.2) is 4.79 Å². The topological polar surface area (TPSA) is 85.3 Å². The number of thioether (sulfide) groups is 1. The van der Waals surface area contributed by atoms with Gasteiger partial charge in [-0.3, -0.25) is 19.5 Å². The van der Waals surface area contributed by atoms with Gasteiger partial charge >= 0.3 is 11.9 Å². The van der Waals surface area contributed by atoms with Crippen molar-refractivity contribution in [3.05, 3.63) is 47.2 Å². The standard InChI is InChI=1S/C21H24N2O5S/c1-13(24)27-11-15-12-29-19-16(22-10-14-8-6-5-7-9-14)18(25)23(19)17(15)20(26)28-21(2,3)4/h5-10,16,19H,11-12H2,1-4H3/t16-,19-/m1/s1. The van der Waals surface area contributed by atoms with Crippen LogP contribution in [0.3, 0.4) is 0 Å². The van der Waals surface area contributed by atoms with E-state index in [1.807, 2.05) is 30.3 Å². The molecule has 8 heteroatoms. The Morgan fingerprint density at radius 2 is 1.97 bits per heavy atom. The first kappa shape index (κ1) is 21.1. The second kappa shape index (κ2) is 8.41. The minimum absolute atomic E-state index is 0.0502. The zero-order valence-electron chi connectivity index (χ0n) is 16.9. The highest BCUT2D eigenvalue weighted by Gasteiger charge is 2.54. The molecule has 1 aromatic carbocycles. The van der Waals surface area contributed by atoms with Gasteiger partial charge in [0.2, 0.25) is 0 Å². The Bertz CT molecular complexity index is 873. The lowest BCUT2D eigenvalue weighted by Gasteiger charge is -2.48. The predicted molar refractivity (Wildman–Crippen MR) is 110 cm³/mol. The van der Waals surface area contributed by atoms with Crippen LogP contribution in [0.4, 0.5) is 0 Å². The first-order chi connectivity index (χ1) is 13.7. The molecule has 1 saturated heterocycles. The number of fused-ring (bicyclic) bond motifs is 1. The normalized spacial score (nSPS) is 21.7. The summed E-state index contributed by atoms with van der Waals surface area (Å²) in [6.07, 6.45) is 1.67. The summed E-state index contributed by atoms with van der Waals surface area (Å²) in [5.41, 5.74) is 0.920. The van der Waals surface area contributed by atoms with E-state index >= 15 is 0 Å². The van der Waals surface area contributed by atoms with Crippen LogP contribution >= 0.6 is 11.8 Å². The van der Waals surface area contributed by atoms with E-state index < -0.39 is 23.6 Å². The smallest absolute Gasteiger partial charge is 0.355 e. The fourth-order valence-corrected chi connectivity index (χ4v) is 4.31. The second-order valence-corrected chi connectivity index (χ2v) is 8.88. The first-order valence-corrected chi connectivity index (χ1v) is 10.3. The molecule has 29 heavy (non-hydrogen) atoms. The molecular formula is C21H24N2O5S. The molecule has 154 valence electrons. The Labute approximate surface area is 174 Å². The number of carbonyl (C=O) groups excluding carboxylic acids is 3. The summed E-state index contributed by atoms with van der Waals surface area (Å²) in [6, 6.07) is 8.95. The van der Waals surface area contributed by atoms with Crippen molar-refractivity contribution in [1.82, 2.24) is 4.90 Å². The average Bonchev–Trinajstić information content (AvgIpc) is 2.65. The van der Waals surface area contributed by atoms with Crippen molar-refractivity contribution in [1.29, 1.82) is 0 Å². The highest BCUT2D eigenvalue weighted by molar-refractivity contribution is 8.00. The third-order valence-electron chi connectivity index (χ3n) is 4.24. The number of amides is 1. The SMILES string of the molecule is CC(=O)OCC1=C(C(=O)OC(C)(C)C)N2C(=O)[C@@H](N=Cc3ccccc3)[C@H]2SC1.